The van der Waals surface area contributed by atoms with Crippen LogP contribution in [-0.2, 0) is 4.79 Å². The van der Waals surface area contributed by atoms with Crippen LogP contribution in [0.3, 0.4) is 0 Å². The number of fused-ring (bicyclic) bond motifs is 3. The third-order valence-electron chi connectivity index (χ3n) is 5.08. The van der Waals surface area contributed by atoms with Gasteiger partial charge in [-0.3, -0.25) is 4.79 Å². The van der Waals surface area contributed by atoms with Crippen molar-refractivity contribution in [1.29, 1.82) is 0 Å². The van der Waals surface area contributed by atoms with E-state index < -0.39 is 12.0 Å². The lowest BCUT2D eigenvalue weighted by Crippen LogP contribution is -2.42. The molecule has 4 aromatic rings. The Labute approximate surface area is 165 Å². The van der Waals surface area contributed by atoms with Gasteiger partial charge in [-0.15, -0.1) is 11.3 Å². The summed E-state index contributed by atoms with van der Waals surface area (Å²) in [7, 11) is 0. The molecule has 0 spiro atoms. The normalized spacial score (nSPS) is 16.7. The van der Waals surface area contributed by atoms with Gasteiger partial charge in [0.2, 0.25) is 0 Å². The molecular weight excluding hydrogens is 374 g/mol. The molecule has 1 aliphatic heterocycles. The van der Waals surface area contributed by atoms with E-state index in [-0.39, 0.29) is 5.91 Å². The summed E-state index contributed by atoms with van der Waals surface area (Å²) < 4.78 is 11.5. The molecule has 5 rings (SSSR count). The summed E-state index contributed by atoms with van der Waals surface area (Å²) in [4.78, 5) is 27.7. The summed E-state index contributed by atoms with van der Waals surface area (Å²) in [6.45, 7) is 0.571. The van der Waals surface area contributed by atoms with Gasteiger partial charge in [-0.2, -0.15) is 0 Å². The van der Waals surface area contributed by atoms with Crippen LogP contribution in [0, 0.1) is 0 Å². The standard InChI is InChI=1S/C22H17NO4S/c24-21(20-8-4-12-28-20)23-11-3-6-17(23)22(25)26-14-9-10-19-16(13-14)15-5-1-2-7-18(15)27-19/h1-2,4-5,7-10,12-13,17H,3,6,11H2/t17-/m0/s1. The summed E-state index contributed by atoms with van der Waals surface area (Å²) in [5, 5.41) is 3.74. The molecule has 3 heterocycles. The van der Waals surface area contributed by atoms with E-state index in [1.165, 1.54) is 11.3 Å². The molecule has 1 aliphatic rings. The molecule has 1 atom stereocenters. The molecule has 0 unspecified atom stereocenters. The number of para-hydroxylation sites is 1. The molecule has 0 bridgehead atoms. The maximum Gasteiger partial charge on any atom is 0.334 e. The Balaban J connectivity index is 1.40. The van der Waals surface area contributed by atoms with Crippen molar-refractivity contribution in [2.45, 2.75) is 18.9 Å². The molecule has 0 aliphatic carbocycles. The van der Waals surface area contributed by atoms with Crippen LogP contribution in [0.4, 0.5) is 0 Å². The molecule has 6 heteroatoms. The number of carbonyl (C=O) groups excluding carboxylic acids is 2. The van der Waals surface area contributed by atoms with Gasteiger partial charge in [-0.25, -0.2) is 4.79 Å². The SMILES string of the molecule is O=C(Oc1ccc2oc3ccccc3c2c1)[C@@H]1CCCN1C(=O)c1cccs1. The van der Waals surface area contributed by atoms with E-state index in [1.807, 2.05) is 41.8 Å². The minimum Gasteiger partial charge on any atom is -0.456 e. The molecule has 0 radical (unpaired) electrons. The van der Waals surface area contributed by atoms with Crippen LogP contribution in [0.15, 0.2) is 64.4 Å². The number of benzene rings is 2. The van der Waals surface area contributed by atoms with Gasteiger partial charge in [0.15, 0.2) is 0 Å². The van der Waals surface area contributed by atoms with E-state index in [4.69, 9.17) is 9.15 Å². The summed E-state index contributed by atoms with van der Waals surface area (Å²) in [5.74, 6) is -0.0419. The van der Waals surface area contributed by atoms with Crippen LogP contribution in [0.25, 0.3) is 21.9 Å². The fourth-order valence-electron chi connectivity index (χ4n) is 3.75. The zero-order chi connectivity index (χ0) is 19.1. The summed E-state index contributed by atoms with van der Waals surface area (Å²) >= 11 is 1.39. The average Bonchev–Trinajstić information content (AvgIpc) is 3.46. The molecule has 140 valence electrons. The van der Waals surface area contributed by atoms with Crippen LogP contribution in [-0.4, -0.2) is 29.4 Å². The van der Waals surface area contributed by atoms with Gasteiger partial charge in [-0.1, -0.05) is 24.3 Å². The Morgan fingerprint density at radius 1 is 1.04 bits per heavy atom. The number of ether oxygens (including phenoxy) is 1. The highest BCUT2D eigenvalue weighted by atomic mass is 32.1. The zero-order valence-electron chi connectivity index (χ0n) is 15.0. The second kappa shape index (κ2) is 6.80. The first-order valence-corrected chi connectivity index (χ1v) is 10.1. The zero-order valence-corrected chi connectivity index (χ0v) is 15.8. The Morgan fingerprint density at radius 3 is 2.75 bits per heavy atom. The second-order valence-corrected chi connectivity index (χ2v) is 7.76. The van der Waals surface area contributed by atoms with Crippen molar-refractivity contribution in [2.24, 2.45) is 0 Å². The van der Waals surface area contributed by atoms with Crippen LogP contribution < -0.4 is 4.74 Å². The number of likely N-dealkylation sites (tertiary alicyclic amines) is 1. The Hall–Kier alpha value is -3.12. The summed E-state index contributed by atoms with van der Waals surface area (Å²) in [6.07, 6.45) is 1.41. The minimum absolute atomic E-state index is 0.106. The molecule has 2 aromatic carbocycles. The quantitative estimate of drug-likeness (QED) is 0.370. The Morgan fingerprint density at radius 2 is 1.89 bits per heavy atom. The van der Waals surface area contributed by atoms with Crippen LogP contribution >= 0.6 is 11.3 Å². The number of carbonyl (C=O) groups is 2. The highest BCUT2D eigenvalue weighted by Crippen LogP contribution is 2.32. The molecule has 28 heavy (non-hydrogen) atoms. The van der Waals surface area contributed by atoms with Crippen molar-refractivity contribution in [3.05, 3.63) is 64.9 Å². The lowest BCUT2D eigenvalue weighted by molar-refractivity contribution is -0.138. The molecule has 5 nitrogen and oxygen atoms in total. The van der Waals surface area contributed by atoms with Crippen molar-refractivity contribution in [3.63, 3.8) is 0 Å². The van der Waals surface area contributed by atoms with Crippen molar-refractivity contribution >= 4 is 45.2 Å². The maximum atomic E-state index is 12.8. The number of hydrogen-bond acceptors (Lipinski definition) is 5. The predicted octanol–water partition coefficient (Wildman–Crippen LogP) is 4.86. The maximum absolute atomic E-state index is 12.8. The van der Waals surface area contributed by atoms with E-state index in [0.717, 1.165) is 28.4 Å². The number of nitrogens with zero attached hydrogens (tertiary/aromatic N) is 1. The predicted molar refractivity (Wildman–Crippen MR) is 108 cm³/mol. The first-order chi connectivity index (χ1) is 13.7. The molecular formula is C22H17NO4S. The Bertz CT molecular complexity index is 1180. The van der Waals surface area contributed by atoms with Crippen molar-refractivity contribution in [3.8, 4) is 5.75 Å². The lowest BCUT2D eigenvalue weighted by Gasteiger charge is -2.22. The van der Waals surface area contributed by atoms with E-state index >= 15 is 0 Å². The summed E-state index contributed by atoms with van der Waals surface area (Å²) in [5.41, 5.74) is 1.54. The van der Waals surface area contributed by atoms with E-state index in [2.05, 4.69) is 0 Å². The molecule has 1 saturated heterocycles. The van der Waals surface area contributed by atoms with E-state index in [1.54, 1.807) is 23.1 Å². The van der Waals surface area contributed by atoms with Gasteiger partial charge < -0.3 is 14.1 Å². The third-order valence-corrected chi connectivity index (χ3v) is 5.94. The highest BCUT2D eigenvalue weighted by molar-refractivity contribution is 7.12. The highest BCUT2D eigenvalue weighted by Gasteiger charge is 2.36. The van der Waals surface area contributed by atoms with Crippen molar-refractivity contribution in [2.75, 3.05) is 6.54 Å². The van der Waals surface area contributed by atoms with Crippen LogP contribution in [0.2, 0.25) is 0 Å². The number of hydrogen-bond donors (Lipinski definition) is 0. The molecule has 1 fully saturated rings. The van der Waals surface area contributed by atoms with Crippen molar-refractivity contribution in [1.82, 2.24) is 4.90 Å². The number of thiophene rings is 1. The van der Waals surface area contributed by atoms with Crippen molar-refractivity contribution < 1.29 is 18.7 Å². The Kier molecular flexibility index (Phi) is 4.13. The fourth-order valence-corrected chi connectivity index (χ4v) is 4.43. The topological polar surface area (TPSA) is 59.8 Å². The molecule has 1 amide bonds. The lowest BCUT2D eigenvalue weighted by atomic mass is 10.1. The van der Waals surface area contributed by atoms with Crippen LogP contribution in [0.5, 0.6) is 5.75 Å². The number of furan rings is 1. The molecule has 0 N–H and O–H groups in total. The van der Waals surface area contributed by atoms with Crippen LogP contribution in [0.1, 0.15) is 22.5 Å². The third kappa shape index (κ3) is 2.86. The van der Waals surface area contributed by atoms with Gasteiger partial charge in [0.25, 0.3) is 5.91 Å². The minimum atomic E-state index is -0.550. The van der Waals surface area contributed by atoms with Gasteiger partial charge in [-0.05, 0) is 48.6 Å². The van der Waals surface area contributed by atoms with Gasteiger partial charge >= 0.3 is 5.97 Å². The molecule has 0 saturated carbocycles. The first kappa shape index (κ1) is 17.0. The van der Waals surface area contributed by atoms with E-state index in [9.17, 15) is 9.59 Å². The number of rotatable bonds is 3. The summed E-state index contributed by atoms with van der Waals surface area (Å²) in [6, 6.07) is 16.2. The van der Waals surface area contributed by atoms with Gasteiger partial charge in [0, 0.05) is 17.3 Å². The monoisotopic (exact) mass is 391 g/mol. The average molecular weight is 391 g/mol. The van der Waals surface area contributed by atoms with E-state index in [0.29, 0.717) is 23.6 Å². The largest absolute Gasteiger partial charge is 0.456 e. The molecule has 2 aromatic heterocycles. The number of esters is 1. The fraction of sp³-hybridized carbons (Fsp3) is 0.182. The smallest absolute Gasteiger partial charge is 0.334 e. The van der Waals surface area contributed by atoms with Gasteiger partial charge in [0.1, 0.15) is 23.0 Å². The van der Waals surface area contributed by atoms with Gasteiger partial charge in [0.05, 0.1) is 4.88 Å². The first-order valence-electron chi connectivity index (χ1n) is 9.18. The second-order valence-electron chi connectivity index (χ2n) is 6.81. The number of amides is 1.